The van der Waals surface area contributed by atoms with Crippen LogP contribution in [0.1, 0.15) is 24.2 Å². The van der Waals surface area contributed by atoms with E-state index in [1.54, 1.807) is 4.90 Å². The van der Waals surface area contributed by atoms with E-state index >= 15 is 0 Å². The first-order valence-electron chi connectivity index (χ1n) is 8.52. The smallest absolute Gasteiger partial charge is 0.269 e. The summed E-state index contributed by atoms with van der Waals surface area (Å²) in [5.41, 5.74) is 1.09. The molecule has 0 aromatic heterocycles. The Balaban J connectivity index is 1.83. The zero-order valence-corrected chi connectivity index (χ0v) is 15.8. The van der Waals surface area contributed by atoms with Crippen molar-refractivity contribution in [3.8, 4) is 5.75 Å². The van der Waals surface area contributed by atoms with Gasteiger partial charge in [-0.05, 0) is 50.2 Å². The molecule has 1 saturated heterocycles. The number of carbonyl (C=O) groups excluding carboxylic acids is 1. The van der Waals surface area contributed by atoms with E-state index in [-0.39, 0.29) is 17.6 Å². The minimum Gasteiger partial charge on any atom is -0.494 e. The summed E-state index contributed by atoms with van der Waals surface area (Å²) in [6.45, 7) is 4.47. The molecule has 1 fully saturated rings. The molecule has 2 aromatic carbocycles. The maximum atomic E-state index is 12.9. The van der Waals surface area contributed by atoms with Crippen LogP contribution in [-0.2, 0) is 0 Å². The van der Waals surface area contributed by atoms with Crippen molar-refractivity contribution in [2.75, 3.05) is 12.4 Å². The molecule has 0 spiro atoms. The van der Waals surface area contributed by atoms with Gasteiger partial charge in [-0.1, -0.05) is 11.8 Å². The van der Waals surface area contributed by atoms with Gasteiger partial charge in [-0.2, -0.15) is 0 Å². The highest BCUT2D eigenvalue weighted by Crippen LogP contribution is 2.29. The second-order valence-electron chi connectivity index (χ2n) is 5.96. The lowest BCUT2D eigenvalue weighted by molar-refractivity contribution is -0.384. The molecule has 2 aromatic rings. The van der Waals surface area contributed by atoms with Crippen LogP contribution < -0.4 is 4.74 Å². The highest BCUT2D eigenvalue weighted by atomic mass is 32.2. The number of amidine groups is 1. The zero-order chi connectivity index (χ0) is 19.4. The van der Waals surface area contributed by atoms with Crippen LogP contribution in [0, 0.1) is 10.1 Å². The topological polar surface area (TPSA) is 85.0 Å². The maximum absolute atomic E-state index is 12.9. The van der Waals surface area contributed by atoms with E-state index in [0.717, 1.165) is 17.2 Å². The van der Waals surface area contributed by atoms with Gasteiger partial charge in [0.25, 0.3) is 11.6 Å². The number of aliphatic imine (C=N–C) groups is 1. The number of ether oxygens (including phenoxy) is 1. The molecule has 1 atom stereocenters. The number of nitro groups is 1. The minimum atomic E-state index is -0.485. The maximum Gasteiger partial charge on any atom is 0.269 e. The van der Waals surface area contributed by atoms with Crippen molar-refractivity contribution in [3.05, 3.63) is 64.2 Å². The van der Waals surface area contributed by atoms with Gasteiger partial charge in [-0.3, -0.25) is 19.8 Å². The molecule has 1 aliphatic heterocycles. The van der Waals surface area contributed by atoms with Gasteiger partial charge in [0, 0.05) is 29.5 Å². The number of benzene rings is 2. The summed E-state index contributed by atoms with van der Waals surface area (Å²) in [6.07, 6.45) is 0. The Morgan fingerprint density at radius 2 is 1.93 bits per heavy atom. The van der Waals surface area contributed by atoms with Gasteiger partial charge in [0.05, 0.1) is 17.2 Å². The molecule has 1 heterocycles. The number of amides is 1. The number of nitro benzene ring substituents is 1. The van der Waals surface area contributed by atoms with Gasteiger partial charge in [-0.15, -0.1) is 0 Å². The van der Waals surface area contributed by atoms with Crippen LogP contribution in [0.5, 0.6) is 5.75 Å². The third-order valence-electron chi connectivity index (χ3n) is 4.02. The first-order valence-corrected chi connectivity index (χ1v) is 9.50. The Morgan fingerprint density at radius 3 is 2.52 bits per heavy atom. The molecular formula is C19H19N3O4S. The zero-order valence-electron chi connectivity index (χ0n) is 15.0. The van der Waals surface area contributed by atoms with Crippen molar-refractivity contribution in [2.24, 2.45) is 4.99 Å². The Hall–Kier alpha value is -2.87. The van der Waals surface area contributed by atoms with Crippen LogP contribution in [0.4, 0.5) is 11.4 Å². The predicted octanol–water partition coefficient (Wildman–Crippen LogP) is 4.26. The van der Waals surface area contributed by atoms with E-state index in [2.05, 4.69) is 4.99 Å². The normalized spacial score (nSPS) is 17.9. The molecule has 3 rings (SSSR count). The number of non-ortho nitro benzene ring substituents is 1. The van der Waals surface area contributed by atoms with E-state index in [9.17, 15) is 14.9 Å². The summed E-state index contributed by atoms with van der Waals surface area (Å²) in [5.74, 6) is 1.30. The number of nitrogens with zero attached hydrogens (tertiary/aromatic N) is 3. The van der Waals surface area contributed by atoms with Gasteiger partial charge < -0.3 is 4.74 Å². The largest absolute Gasteiger partial charge is 0.494 e. The summed E-state index contributed by atoms with van der Waals surface area (Å²) in [7, 11) is 0. The highest BCUT2D eigenvalue weighted by Gasteiger charge is 2.33. The van der Waals surface area contributed by atoms with Crippen molar-refractivity contribution >= 4 is 34.2 Å². The van der Waals surface area contributed by atoms with Gasteiger partial charge in [0.15, 0.2) is 5.17 Å². The molecule has 0 N–H and O–H groups in total. The standard InChI is InChI=1S/C19H19N3O4S/c1-3-26-17-10-6-15(7-11-17)20-19-21(13(2)12-27-19)18(23)14-4-8-16(9-5-14)22(24)25/h4-11,13H,3,12H2,1-2H3/t13-/m0/s1. The molecule has 0 unspecified atom stereocenters. The van der Waals surface area contributed by atoms with Crippen LogP contribution in [0.15, 0.2) is 53.5 Å². The average Bonchev–Trinajstić information content (AvgIpc) is 3.03. The Bertz CT molecular complexity index is 866. The molecular weight excluding hydrogens is 366 g/mol. The first-order chi connectivity index (χ1) is 13.0. The molecule has 0 bridgehead atoms. The fraction of sp³-hybridized carbons (Fsp3) is 0.263. The van der Waals surface area contributed by atoms with Crippen LogP contribution >= 0.6 is 11.8 Å². The Kier molecular flexibility index (Phi) is 5.75. The van der Waals surface area contributed by atoms with E-state index in [1.165, 1.54) is 36.0 Å². The Morgan fingerprint density at radius 1 is 1.26 bits per heavy atom. The van der Waals surface area contributed by atoms with Gasteiger partial charge in [0.2, 0.25) is 0 Å². The number of carbonyl (C=O) groups is 1. The molecule has 1 amide bonds. The average molecular weight is 385 g/mol. The van der Waals surface area contributed by atoms with E-state index < -0.39 is 4.92 Å². The number of thioether (sulfide) groups is 1. The SMILES string of the molecule is CCOc1ccc(N=C2SC[C@H](C)N2C(=O)c2ccc([N+](=O)[O-])cc2)cc1. The van der Waals surface area contributed by atoms with Gasteiger partial charge >= 0.3 is 0 Å². The molecule has 27 heavy (non-hydrogen) atoms. The second-order valence-corrected chi connectivity index (χ2v) is 6.95. The molecule has 8 heteroatoms. The lowest BCUT2D eigenvalue weighted by atomic mass is 10.1. The number of rotatable bonds is 5. The fourth-order valence-electron chi connectivity index (χ4n) is 2.66. The Labute approximate surface area is 161 Å². The van der Waals surface area contributed by atoms with Crippen molar-refractivity contribution in [1.82, 2.24) is 4.90 Å². The molecule has 1 aliphatic rings. The summed E-state index contributed by atoms with van der Waals surface area (Å²) >= 11 is 1.51. The third-order valence-corrected chi connectivity index (χ3v) is 5.21. The summed E-state index contributed by atoms with van der Waals surface area (Å²) in [6, 6.07) is 13.0. The van der Waals surface area contributed by atoms with E-state index in [1.807, 2.05) is 38.1 Å². The molecule has 140 valence electrons. The summed E-state index contributed by atoms with van der Waals surface area (Å²) in [4.78, 5) is 29.5. The highest BCUT2D eigenvalue weighted by molar-refractivity contribution is 8.14. The van der Waals surface area contributed by atoms with Crippen molar-refractivity contribution in [3.63, 3.8) is 0 Å². The van der Waals surface area contributed by atoms with Crippen LogP contribution in [0.25, 0.3) is 0 Å². The van der Waals surface area contributed by atoms with Crippen LogP contribution in [0.2, 0.25) is 0 Å². The fourth-order valence-corrected chi connectivity index (χ4v) is 3.77. The third kappa shape index (κ3) is 4.28. The molecule has 7 nitrogen and oxygen atoms in total. The van der Waals surface area contributed by atoms with Gasteiger partial charge in [0.1, 0.15) is 5.75 Å². The number of hydrogen-bond acceptors (Lipinski definition) is 6. The summed E-state index contributed by atoms with van der Waals surface area (Å²) in [5, 5.41) is 11.4. The lowest BCUT2D eigenvalue weighted by Crippen LogP contribution is -2.37. The van der Waals surface area contributed by atoms with Crippen LogP contribution in [0.3, 0.4) is 0 Å². The monoisotopic (exact) mass is 385 g/mol. The minimum absolute atomic E-state index is 0.0147. The van der Waals surface area contributed by atoms with Crippen molar-refractivity contribution in [1.29, 1.82) is 0 Å². The second kappa shape index (κ2) is 8.22. The summed E-state index contributed by atoms with van der Waals surface area (Å²) < 4.78 is 5.43. The molecule has 0 saturated carbocycles. The quantitative estimate of drug-likeness (QED) is 0.567. The van der Waals surface area contributed by atoms with E-state index in [0.29, 0.717) is 17.3 Å². The first kappa shape index (κ1) is 18.9. The molecule has 0 radical (unpaired) electrons. The number of hydrogen-bond donors (Lipinski definition) is 0. The van der Waals surface area contributed by atoms with Crippen molar-refractivity contribution in [2.45, 2.75) is 19.9 Å². The van der Waals surface area contributed by atoms with Crippen LogP contribution in [-0.4, -0.2) is 39.3 Å². The predicted molar refractivity (Wildman–Crippen MR) is 106 cm³/mol. The van der Waals surface area contributed by atoms with Gasteiger partial charge in [-0.25, -0.2) is 4.99 Å². The lowest BCUT2D eigenvalue weighted by Gasteiger charge is -2.21. The van der Waals surface area contributed by atoms with E-state index in [4.69, 9.17) is 4.74 Å². The van der Waals surface area contributed by atoms with Crippen molar-refractivity contribution < 1.29 is 14.5 Å². The molecule has 0 aliphatic carbocycles.